The molecule has 0 saturated heterocycles. The van der Waals surface area contributed by atoms with Gasteiger partial charge in [0.15, 0.2) is 29.2 Å². The zero-order valence-electron chi connectivity index (χ0n) is 26.3. The van der Waals surface area contributed by atoms with Crippen molar-refractivity contribution in [3.05, 3.63) is 89.7 Å². The summed E-state index contributed by atoms with van der Waals surface area (Å²) in [5.41, 5.74) is 5.71. The lowest BCUT2D eigenvalue weighted by atomic mass is 9.95. The van der Waals surface area contributed by atoms with E-state index in [-0.39, 0.29) is 12.2 Å². The molecule has 0 radical (unpaired) electrons. The van der Waals surface area contributed by atoms with Crippen molar-refractivity contribution >= 4 is 63.4 Å². The maximum Gasteiger partial charge on any atom is 0.337 e. The fourth-order valence-corrected chi connectivity index (χ4v) is 5.76. The molecule has 1 aliphatic rings. The number of amides is 2. The summed E-state index contributed by atoms with van der Waals surface area (Å²) in [6.07, 6.45) is 0.418. The van der Waals surface area contributed by atoms with Gasteiger partial charge >= 0.3 is 12.0 Å². The Morgan fingerprint density at radius 1 is 1.00 bits per heavy atom. The fourth-order valence-electron chi connectivity index (χ4n) is 4.62. The fraction of sp³-hybridized carbons (Fsp3) is 0.303. The lowest BCUT2D eigenvalue weighted by Crippen LogP contribution is -2.45. The molecule has 1 heterocycles. The lowest BCUT2D eigenvalue weighted by molar-refractivity contribution is -0.136. The Kier molecular flexibility index (Phi) is 13.4. The largest absolute Gasteiger partial charge is 0.490 e. The van der Waals surface area contributed by atoms with Gasteiger partial charge in [-0.2, -0.15) is 5.10 Å². The highest BCUT2D eigenvalue weighted by Gasteiger charge is 2.32. The number of methoxy groups -OCH3 is 1. The number of ether oxygens (including phenoxy) is 5. The summed E-state index contributed by atoms with van der Waals surface area (Å²) >= 11 is 4.47. The zero-order chi connectivity index (χ0) is 33.9. The summed E-state index contributed by atoms with van der Waals surface area (Å²) in [4.78, 5) is 24.7. The number of benzene rings is 3. The number of allylic oxidation sites excluding steroid dienone is 1. The minimum absolute atomic E-state index is 0.152. The van der Waals surface area contributed by atoms with Crippen molar-refractivity contribution in [3.8, 4) is 23.0 Å². The molecule has 0 aromatic heterocycles. The van der Waals surface area contributed by atoms with E-state index in [0.29, 0.717) is 54.1 Å². The second-order valence-corrected chi connectivity index (χ2v) is 12.5. The van der Waals surface area contributed by atoms with Crippen LogP contribution in [-0.2, 0) is 16.1 Å². The number of halogens is 2. The quantitative estimate of drug-likeness (QED) is 0.0519. The second kappa shape index (κ2) is 17.4. The summed E-state index contributed by atoms with van der Waals surface area (Å²) < 4.78 is 30.5. The van der Waals surface area contributed by atoms with E-state index >= 15 is 0 Å². The zero-order valence-corrected chi connectivity index (χ0v) is 30.6. The van der Waals surface area contributed by atoms with Crippen molar-refractivity contribution in [1.29, 1.82) is 0 Å². The molecule has 12 nitrogen and oxygen atoms in total. The molecule has 14 heteroatoms. The average Bonchev–Trinajstić information content (AvgIpc) is 3.04. The van der Waals surface area contributed by atoms with Crippen LogP contribution in [0.1, 0.15) is 43.5 Å². The van der Waals surface area contributed by atoms with Crippen molar-refractivity contribution < 1.29 is 38.4 Å². The Balaban J connectivity index is 1.40. The first-order valence-corrected chi connectivity index (χ1v) is 16.9. The molecule has 2 amide bonds. The molecular formula is C33H36I2N4O8. The van der Waals surface area contributed by atoms with Crippen LogP contribution in [0.4, 0.5) is 4.79 Å². The van der Waals surface area contributed by atoms with Crippen LogP contribution in [0.25, 0.3) is 0 Å². The van der Waals surface area contributed by atoms with Crippen molar-refractivity contribution in [2.24, 2.45) is 5.10 Å². The molecule has 0 spiro atoms. The highest BCUT2D eigenvalue weighted by Crippen LogP contribution is 2.36. The molecular weight excluding hydrogens is 834 g/mol. The van der Waals surface area contributed by atoms with Crippen LogP contribution in [0.15, 0.2) is 71.0 Å². The predicted molar refractivity (Wildman–Crippen MR) is 193 cm³/mol. The monoisotopic (exact) mass is 870 g/mol. The number of aliphatic hydroxyl groups excluding tert-OH is 1. The smallest absolute Gasteiger partial charge is 0.337 e. The number of nitrogens with zero attached hydrogens (tertiary/aromatic N) is 1. The van der Waals surface area contributed by atoms with Gasteiger partial charge in [-0.15, -0.1) is 0 Å². The molecule has 4 rings (SSSR count). The first-order valence-electron chi connectivity index (χ1n) is 14.7. The molecule has 4 N–H and O–H groups in total. The standard InChI is InChI=1S/C33H36I2N4O8/c1-5-44-26-15-22(30-29(32(41)43-4)19(3)37-33(42)38-30)9-12-25(26)46-18-28(40)39-36-16-21-13-24(35)31(27(14-21)45-6-2)47-17-20-7-10-23(34)11-8-20/h7-16,28,30,39-40H,5-6,17-18H2,1-4H3,(H2,37,38,42)/b36-16-/t28-,30-/m0/s1. The molecule has 0 bridgehead atoms. The number of esters is 1. The van der Waals surface area contributed by atoms with E-state index in [9.17, 15) is 14.7 Å². The Bertz CT molecular complexity index is 1630. The summed E-state index contributed by atoms with van der Waals surface area (Å²) in [6, 6.07) is 15.7. The molecule has 0 unspecified atom stereocenters. The third-order valence-corrected chi connectivity index (χ3v) is 8.26. The first kappa shape index (κ1) is 36.1. The molecule has 47 heavy (non-hydrogen) atoms. The summed E-state index contributed by atoms with van der Waals surface area (Å²) in [7, 11) is 1.28. The van der Waals surface area contributed by atoms with E-state index in [1.165, 1.54) is 7.11 Å². The average molecular weight is 870 g/mol. The predicted octanol–water partition coefficient (Wildman–Crippen LogP) is 5.39. The number of hydrogen-bond donors (Lipinski definition) is 4. The number of aliphatic hydroxyl groups is 1. The molecule has 250 valence electrons. The highest BCUT2D eigenvalue weighted by molar-refractivity contribution is 14.1. The second-order valence-electron chi connectivity index (χ2n) is 10.1. The van der Waals surface area contributed by atoms with Gasteiger partial charge < -0.3 is 39.4 Å². The number of nitrogens with one attached hydrogen (secondary N) is 3. The van der Waals surface area contributed by atoms with Crippen LogP contribution in [0, 0.1) is 7.14 Å². The molecule has 0 saturated carbocycles. The van der Waals surface area contributed by atoms with Gasteiger partial charge in [0.2, 0.25) is 0 Å². The topological polar surface area (TPSA) is 149 Å². The number of rotatable bonds is 15. The molecule has 3 aromatic rings. The Labute approximate surface area is 300 Å². The van der Waals surface area contributed by atoms with Gasteiger partial charge in [-0.25, -0.2) is 9.59 Å². The Morgan fingerprint density at radius 3 is 2.43 bits per heavy atom. The minimum atomic E-state index is -1.15. The summed E-state index contributed by atoms with van der Waals surface area (Å²) in [5.74, 6) is 1.40. The third kappa shape index (κ3) is 9.87. The van der Waals surface area contributed by atoms with E-state index in [0.717, 1.165) is 18.3 Å². The molecule has 0 fully saturated rings. The van der Waals surface area contributed by atoms with Crippen LogP contribution in [-0.4, -0.2) is 56.5 Å². The van der Waals surface area contributed by atoms with Crippen molar-refractivity contribution in [2.45, 2.75) is 39.6 Å². The maximum atomic E-state index is 12.5. The Morgan fingerprint density at radius 2 is 1.72 bits per heavy atom. The van der Waals surface area contributed by atoms with Gasteiger partial charge in [0.1, 0.15) is 13.2 Å². The van der Waals surface area contributed by atoms with Crippen molar-refractivity contribution in [1.82, 2.24) is 16.1 Å². The van der Waals surface area contributed by atoms with Crippen LogP contribution in [0.2, 0.25) is 0 Å². The van der Waals surface area contributed by atoms with E-state index in [2.05, 4.69) is 66.3 Å². The maximum absolute atomic E-state index is 12.5. The summed E-state index contributed by atoms with van der Waals surface area (Å²) in [6.45, 7) is 6.40. The van der Waals surface area contributed by atoms with Gasteiger partial charge in [-0.1, -0.05) is 18.2 Å². The SMILES string of the molecule is CCOc1cc([C@@H]2NC(=O)NC(C)=C2C(=O)OC)ccc1OC[C@H](O)N/N=C\c1cc(I)c(OCc2ccc(I)cc2)c(OCC)c1. The third-order valence-electron chi connectivity index (χ3n) is 6.74. The van der Waals surface area contributed by atoms with Gasteiger partial charge in [-0.3, -0.25) is 5.43 Å². The van der Waals surface area contributed by atoms with Gasteiger partial charge in [0.05, 0.1) is 41.7 Å². The number of carbonyl (C=O) groups is 2. The van der Waals surface area contributed by atoms with Crippen LogP contribution in [0.3, 0.4) is 0 Å². The van der Waals surface area contributed by atoms with Crippen molar-refractivity contribution in [2.75, 3.05) is 26.9 Å². The highest BCUT2D eigenvalue weighted by atomic mass is 127. The van der Waals surface area contributed by atoms with E-state index in [1.54, 1.807) is 31.3 Å². The van der Waals surface area contributed by atoms with Crippen LogP contribution in [0.5, 0.6) is 23.0 Å². The lowest BCUT2D eigenvalue weighted by Gasteiger charge is -2.28. The van der Waals surface area contributed by atoms with Crippen LogP contribution < -0.4 is 35.0 Å². The number of urea groups is 1. The first-order chi connectivity index (χ1) is 22.6. The van der Waals surface area contributed by atoms with Gasteiger partial charge in [0.25, 0.3) is 0 Å². The Hall–Kier alpha value is -3.77. The normalized spacial score (nSPS) is 15.0. The van der Waals surface area contributed by atoms with E-state index < -0.39 is 24.3 Å². The number of hydrogen-bond acceptors (Lipinski definition) is 10. The molecule has 0 aliphatic carbocycles. The van der Waals surface area contributed by atoms with Gasteiger partial charge in [-0.05, 0) is 119 Å². The molecule has 1 aliphatic heterocycles. The minimum Gasteiger partial charge on any atom is -0.490 e. The van der Waals surface area contributed by atoms with Gasteiger partial charge in [0, 0.05) is 9.27 Å². The van der Waals surface area contributed by atoms with E-state index in [1.807, 2.05) is 50.2 Å². The van der Waals surface area contributed by atoms with Crippen molar-refractivity contribution in [3.63, 3.8) is 0 Å². The number of hydrazone groups is 1. The van der Waals surface area contributed by atoms with Crippen LogP contribution >= 0.6 is 45.2 Å². The number of carbonyl (C=O) groups excluding carboxylic acids is 2. The molecule has 3 aromatic carbocycles. The molecule has 2 atom stereocenters. The van der Waals surface area contributed by atoms with E-state index in [4.69, 9.17) is 23.7 Å². The summed E-state index contributed by atoms with van der Waals surface area (Å²) in [5, 5.41) is 20.1.